The number of fused-ring (bicyclic) bond motifs is 1. The van der Waals surface area contributed by atoms with Gasteiger partial charge in [0.05, 0.1) is 0 Å². The molecule has 4 aromatic rings. The Hall–Kier alpha value is -2.28. The Bertz CT molecular complexity index is 1090. The summed E-state index contributed by atoms with van der Waals surface area (Å²) in [5, 5.41) is 8.86. The van der Waals surface area contributed by atoms with E-state index in [4.69, 9.17) is 5.73 Å². The summed E-state index contributed by atoms with van der Waals surface area (Å²) in [6.07, 6.45) is 3.25. The average molecular weight is 407 g/mol. The summed E-state index contributed by atoms with van der Waals surface area (Å²) >= 11 is 3.58. The molecule has 6 heteroatoms. The van der Waals surface area contributed by atoms with Gasteiger partial charge in [0.2, 0.25) is 0 Å². The molecule has 4 rings (SSSR count). The molecule has 28 heavy (non-hydrogen) atoms. The van der Waals surface area contributed by atoms with Gasteiger partial charge < -0.3 is 5.73 Å². The summed E-state index contributed by atoms with van der Waals surface area (Å²) in [7, 11) is 0. The van der Waals surface area contributed by atoms with Crippen molar-refractivity contribution in [1.82, 2.24) is 14.6 Å². The summed E-state index contributed by atoms with van der Waals surface area (Å²) in [6.45, 7) is 2.73. The van der Waals surface area contributed by atoms with E-state index in [2.05, 4.69) is 70.2 Å². The summed E-state index contributed by atoms with van der Waals surface area (Å²) in [5.41, 5.74) is 9.02. The predicted octanol–water partition coefficient (Wildman–Crippen LogP) is 5.51. The first-order valence-electron chi connectivity index (χ1n) is 9.33. The number of hydrogen-bond acceptors (Lipinski definition) is 5. The Morgan fingerprint density at radius 1 is 0.929 bits per heavy atom. The molecule has 2 aromatic heterocycles. The first kappa shape index (κ1) is 19.1. The van der Waals surface area contributed by atoms with Crippen LogP contribution in [0.15, 0.2) is 81.5 Å². The minimum Gasteiger partial charge on any atom is -0.326 e. The van der Waals surface area contributed by atoms with Crippen LogP contribution in [0.2, 0.25) is 0 Å². The first-order chi connectivity index (χ1) is 13.8. The zero-order valence-electron chi connectivity index (χ0n) is 15.7. The van der Waals surface area contributed by atoms with Gasteiger partial charge in [-0.05, 0) is 42.0 Å². The lowest BCUT2D eigenvalue weighted by atomic mass is 10.2. The molecule has 0 radical (unpaired) electrons. The van der Waals surface area contributed by atoms with Crippen molar-refractivity contribution in [1.29, 1.82) is 0 Å². The second-order valence-electron chi connectivity index (χ2n) is 6.38. The SMILES string of the molecule is CCCSc1ccccc1-c1nnc2ccc(Sc3ccccc3CN)cn12. The lowest BCUT2D eigenvalue weighted by Gasteiger charge is -2.09. The molecule has 0 aliphatic carbocycles. The van der Waals surface area contributed by atoms with Crippen molar-refractivity contribution in [3.63, 3.8) is 0 Å². The smallest absolute Gasteiger partial charge is 0.169 e. The van der Waals surface area contributed by atoms with E-state index in [1.54, 1.807) is 11.8 Å². The number of thioether (sulfide) groups is 1. The van der Waals surface area contributed by atoms with Crippen LogP contribution in [0, 0.1) is 0 Å². The first-order valence-corrected chi connectivity index (χ1v) is 11.1. The number of pyridine rings is 1. The molecule has 142 valence electrons. The van der Waals surface area contributed by atoms with Gasteiger partial charge in [-0.2, -0.15) is 0 Å². The number of hydrogen-bond donors (Lipinski definition) is 1. The molecule has 2 aromatic carbocycles. The van der Waals surface area contributed by atoms with Crippen LogP contribution in [0.25, 0.3) is 17.0 Å². The molecule has 2 heterocycles. The second-order valence-corrected chi connectivity index (χ2v) is 8.63. The lowest BCUT2D eigenvalue weighted by molar-refractivity contribution is 1.03. The van der Waals surface area contributed by atoms with Crippen molar-refractivity contribution >= 4 is 29.2 Å². The molecule has 0 saturated heterocycles. The molecule has 0 aliphatic heterocycles. The topological polar surface area (TPSA) is 56.2 Å². The van der Waals surface area contributed by atoms with Crippen molar-refractivity contribution < 1.29 is 0 Å². The predicted molar refractivity (Wildman–Crippen MR) is 118 cm³/mol. The fraction of sp³-hybridized carbons (Fsp3) is 0.182. The Morgan fingerprint density at radius 2 is 1.71 bits per heavy atom. The Labute approximate surface area is 173 Å². The fourth-order valence-corrected chi connectivity index (χ4v) is 4.89. The van der Waals surface area contributed by atoms with Gasteiger partial charge in [0.25, 0.3) is 0 Å². The molecule has 4 nitrogen and oxygen atoms in total. The van der Waals surface area contributed by atoms with Crippen LogP contribution >= 0.6 is 23.5 Å². The third-order valence-electron chi connectivity index (χ3n) is 4.39. The van der Waals surface area contributed by atoms with Gasteiger partial charge in [-0.1, -0.05) is 55.1 Å². The van der Waals surface area contributed by atoms with Crippen LogP contribution in [0.3, 0.4) is 0 Å². The van der Waals surface area contributed by atoms with Gasteiger partial charge in [-0.15, -0.1) is 22.0 Å². The maximum absolute atomic E-state index is 5.89. The Morgan fingerprint density at radius 3 is 2.54 bits per heavy atom. The van der Waals surface area contributed by atoms with Crippen LogP contribution in [0.1, 0.15) is 18.9 Å². The van der Waals surface area contributed by atoms with Crippen LogP contribution in [-0.2, 0) is 6.54 Å². The van der Waals surface area contributed by atoms with Crippen LogP contribution in [0.5, 0.6) is 0 Å². The minimum atomic E-state index is 0.533. The summed E-state index contributed by atoms with van der Waals surface area (Å²) in [6, 6.07) is 20.8. The third-order valence-corrected chi connectivity index (χ3v) is 6.76. The number of rotatable bonds is 7. The summed E-state index contributed by atoms with van der Waals surface area (Å²) < 4.78 is 2.08. The van der Waals surface area contributed by atoms with E-state index in [-0.39, 0.29) is 0 Å². The molecule has 0 atom stereocenters. The van der Waals surface area contributed by atoms with E-state index in [0.717, 1.165) is 39.7 Å². The zero-order valence-corrected chi connectivity index (χ0v) is 17.3. The largest absolute Gasteiger partial charge is 0.326 e. The highest BCUT2D eigenvalue weighted by Crippen LogP contribution is 2.33. The quantitative estimate of drug-likeness (QED) is 0.410. The summed E-state index contributed by atoms with van der Waals surface area (Å²) in [4.78, 5) is 3.55. The van der Waals surface area contributed by atoms with E-state index >= 15 is 0 Å². The summed E-state index contributed by atoms with van der Waals surface area (Å²) in [5.74, 6) is 1.97. The highest BCUT2D eigenvalue weighted by Gasteiger charge is 2.13. The van der Waals surface area contributed by atoms with Crippen LogP contribution in [-0.4, -0.2) is 20.4 Å². The number of nitrogens with zero attached hydrogens (tertiary/aromatic N) is 3. The molecule has 0 amide bonds. The van der Waals surface area contributed by atoms with E-state index in [1.165, 1.54) is 9.79 Å². The lowest BCUT2D eigenvalue weighted by Crippen LogP contribution is -1.98. The van der Waals surface area contributed by atoms with Crippen LogP contribution in [0.4, 0.5) is 0 Å². The third kappa shape index (κ3) is 3.94. The molecule has 0 saturated carbocycles. The number of aromatic nitrogens is 3. The van der Waals surface area contributed by atoms with E-state index in [0.29, 0.717) is 6.54 Å². The van der Waals surface area contributed by atoms with Crippen molar-refractivity contribution in [3.8, 4) is 11.4 Å². The van der Waals surface area contributed by atoms with E-state index in [1.807, 2.05) is 30.0 Å². The minimum absolute atomic E-state index is 0.533. The maximum Gasteiger partial charge on any atom is 0.169 e. The van der Waals surface area contributed by atoms with Crippen molar-refractivity contribution in [3.05, 3.63) is 72.4 Å². The molecule has 2 N–H and O–H groups in total. The maximum atomic E-state index is 5.89. The zero-order chi connectivity index (χ0) is 19.3. The van der Waals surface area contributed by atoms with Gasteiger partial charge >= 0.3 is 0 Å². The average Bonchev–Trinajstić information content (AvgIpc) is 3.16. The molecule has 0 bridgehead atoms. The van der Waals surface area contributed by atoms with Gasteiger partial charge in [0.1, 0.15) is 0 Å². The second kappa shape index (κ2) is 8.82. The molecule has 0 aliphatic rings. The Balaban J connectivity index is 1.73. The Kier molecular flexibility index (Phi) is 6.00. The van der Waals surface area contributed by atoms with Gasteiger partial charge in [0, 0.05) is 33.0 Å². The monoisotopic (exact) mass is 406 g/mol. The van der Waals surface area contributed by atoms with Crippen molar-refractivity contribution in [2.75, 3.05) is 5.75 Å². The van der Waals surface area contributed by atoms with Gasteiger partial charge in [-0.3, -0.25) is 4.40 Å². The highest BCUT2D eigenvalue weighted by atomic mass is 32.2. The number of benzene rings is 2. The van der Waals surface area contributed by atoms with E-state index in [9.17, 15) is 0 Å². The van der Waals surface area contributed by atoms with Gasteiger partial charge in [0.15, 0.2) is 11.5 Å². The fourth-order valence-electron chi connectivity index (χ4n) is 3.00. The number of nitrogens with two attached hydrogens (primary N) is 1. The molecular weight excluding hydrogens is 384 g/mol. The molecule has 0 unspecified atom stereocenters. The molecule has 0 spiro atoms. The van der Waals surface area contributed by atoms with Crippen LogP contribution < -0.4 is 5.73 Å². The normalized spacial score (nSPS) is 11.2. The highest BCUT2D eigenvalue weighted by molar-refractivity contribution is 7.99. The van der Waals surface area contributed by atoms with Crippen molar-refractivity contribution in [2.24, 2.45) is 5.73 Å². The molecule has 0 fully saturated rings. The van der Waals surface area contributed by atoms with E-state index < -0.39 is 0 Å². The standard InChI is InChI=1S/C22H22N4S2/c1-2-13-27-20-10-6-4-8-18(20)22-25-24-21-12-11-17(15-26(21)22)28-19-9-5-3-7-16(19)14-23/h3-12,15H,2,13-14,23H2,1H3. The molecular formula is C22H22N4S2. The van der Waals surface area contributed by atoms with Crippen molar-refractivity contribution in [2.45, 2.75) is 34.6 Å². The van der Waals surface area contributed by atoms with Gasteiger partial charge in [-0.25, -0.2) is 0 Å².